The van der Waals surface area contributed by atoms with Crippen LogP contribution in [0.25, 0.3) is 0 Å². The Morgan fingerprint density at radius 2 is 2.53 bits per heavy atom. The summed E-state index contributed by atoms with van der Waals surface area (Å²) in [5, 5.41) is 0. The molecule has 2 rings (SSSR count). The zero-order chi connectivity index (χ0) is 10.9. The Balaban J connectivity index is 2.10. The fourth-order valence-electron chi connectivity index (χ4n) is 1.99. The van der Waals surface area contributed by atoms with Gasteiger partial charge in [-0.1, -0.05) is 0 Å². The number of fused-ring (bicyclic) bond motifs is 1. The molecule has 5 heteroatoms. The van der Waals surface area contributed by atoms with Gasteiger partial charge in [-0.2, -0.15) is 0 Å². The van der Waals surface area contributed by atoms with Crippen LogP contribution in [0.3, 0.4) is 0 Å². The minimum atomic E-state index is -0.506. The number of nitrogens with zero attached hydrogens (tertiary/aromatic N) is 1. The van der Waals surface area contributed by atoms with Crippen molar-refractivity contribution in [3.63, 3.8) is 0 Å². The van der Waals surface area contributed by atoms with E-state index in [9.17, 15) is 4.79 Å². The first-order chi connectivity index (χ1) is 7.12. The van der Waals surface area contributed by atoms with E-state index in [2.05, 4.69) is 4.99 Å². The third kappa shape index (κ3) is 1.97. The fraction of sp³-hybridized carbons (Fsp3) is 0.800. The number of esters is 1. The van der Waals surface area contributed by atoms with E-state index in [0.717, 1.165) is 12.8 Å². The van der Waals surface area contributed by atoms with E-state index in [1.807, 2.05) is 0 Å². The van der Waals surface area contributed by atoms with Crippen molar-refractivity contribution in [2.24, 2.45) is 4.99 Å². The quantitative estimate of drug-likeness (QED) is 0.639. The van der Waals surface area contributed by atoms with Crippen LogP contribution in [0.5, 0.6) is 0 Å². The van der Waals surface area contributed by atoms with Crippen LogP contribution in [0.1, 0.15) is 26.7 Å². The molecule has 2 atom stereocenters. The number of hydrogen-bond acceptors (Lipinski definition) is 5. The topological polar surface area (TPSA) is 57.1 Å². The molecular formula is C10H15NO4. The van der Waals surface area contributed by atoms with Gasteiger partial charge in [0.25, 0.3) is 0 Å². The zero-order valence-electron chi connectivity index (χ0n) is 8.99. The molecule has 0 aromatic carbocycles. The summed E-state index contributed by atoms with van der Waals surface area (Å²) in [5.74, 6) is 0.308. The number of ether oxygens (including phenoxy) is 3. The van der Waals surface area contributed by atoms with Gasteiger partial charge in [-0.15, -0.1) is 0 Å². The maximum atomic E-state index is 10.8. The monoisotopic (exact) mass is 213 g/mol. The lowest BCUT2D eigenvalue weighted by Gasteiger charge is -2.34. The van der Waals surface area contributed by atoms with E-state index in [-0.39, 0.29) is 18.9 Å². The van der Waals surface area contributed by atoms with Gasteiger partial charge in [-0.05, 0) is 12.8 Å². The average molecular weight is 213 g/mol. The average Bonchev–Trinajstić information content (AvgIpc) is 2.51. The fourth-order valence-corrected chi connectivity index (χ4v) is 1.99. The molecule has 0 aromatic rings. The van der Waals surface area contributed by atoms with E-state index in [1.165, 1.54) is 6.92 Å². The summed E-state index contributed by atoms with van der Waals surface area (Å²) in [5.41, 5.74) is -0.506. The lowest BCUT2D eigenvalue weighted by molar-refractivity contribution is -0.166. The standard InChI is InChI=1S/C10H15NO4/c1-7-11-10(6-14-8(2)12)4-3-5-13-9(10)15-7/h9H,3-6H2,1-2H3. The molecule has 0 N–H and O–H groups in total. The SMILES string of the molecule is CC(=O)OCC12CCCOC1OC(C)=N2. The largest absolute Gasteiger partial charge is 0.463 e. The lowest BCUT2D eigenvalue weighted by Crippen LogP contribution is -2.47. The van der Waals surface area contributed by atoms with E-state index in [1.54, 1.807) is 6.92 Å². The lowest BCUT2D eigenvalue weighted by atomic mass is 9.93. The molecule has 0 aliphatic carbocycles. The second kappa shape index (κ2) is 3.81. The Labute approximate surface area is 88.4 Å². The minimum absolute atomic E-state index is 0.240. The molecule has 84 valence electrons. The van der Waals surface area contributed by atoms with E-state index >= 15 is 0 Å². The van der Waals surface area contributed by atoms with Crippen LogP contribution in [0.15, 0.2) is 4.99 Å². The van der Waals surface area contributed by atoms with Crippen LogP contribution >= 0.6 is 0 Å². The number of aliphatic imine (C=N–C) groups is 1. The van der Waals surface area contributed by atoms with Crippen molar-refractivity contribution in [3.8, 4) is 0 Å². The first kappa shape index (κ1) is 10.4. The molecule has 15 heavy (non-hydrogen) atoms. The summed E-state index contributed by atoms with van der Waals surface area (Å²) in [6, 6.07) is 0. The highest BCUT2D eigenvalue weighted by Crippen LogP contribution is 2.35. The highest BCUT2D eigenvalue weighted by molar-refractivity contribution is 5.76. The third-order valence-corrected chi connectivity index (χ3v) is 2.65. The molecule has 1 saturated heterocycles. The molecular weight excluding hydrogens is 198 g/mol. The van der Waals surface area contributed by atoms with Crippen molar-refractivity contribution in [3.05, 3.63) is 0 Å². The second-order valence-corrected chi connectivity index (χ2v) is 3.94. The van der Waals surface area contributed by atoms with Crippen LogP contribution < -0.4 is 0 Å². The summed E-state index contributed by atoms with van der Waals surface area (Å²) >= 11 is 0. The first-order valence-electron chi connectivity index (χ1n) is 5.10. The van der Waals surface area contributed by atoms with E-state index in [4.69, 9.17) is 14.2 Å². The van der Waals surface area contributed by atoms with Gasteiger partial charge in [-0.25, -0.2) is 4.99 Å². The maximum absolute atomic E-state index is 10.8. The van der Waals surface area contributed by atoms with Crippen LogP contribution in [-0.2, 0) is 19.0 Å². The van der Waals surface area contributed by atoms with Gasteiger partial charge in [0.15, 0.2) is 11.4 Å². The Morgan fingerprint density at radius 3 is 3.27 bits per heavy atom. The molecule has 2 unspecified atom stereocenters. The Kier molecular flexibility index (Phi) is 2.65. The molecule has 2 heterocycles. The van der Waals surface area contributed by atoms with Gasteiger partial charge < -0.3 is 14.2 Å². The van der Waals surface area contributed by atoms with Gasteiger partial charge in [0.05, 0.1) is 6.61 Å². The van der Waals surface area contributed by atoms with Crippen molar-refractivity contribution in [1.82, 2.24) is 0 Å². The Bertz CT molecular complexity index is 302. The number of rotatable bonds is 2. The molecule has 0 radical (unpaired) electrons. The number of carbonyl (C=O) groups is 1. The molecule has 0 spiro atoms. The van der Waals surface area contributed by atoms with Crippen molar-refractivity contribution >= 4 is 11.9 Å². The van der Waals surface area contributed by atoms with Crippen molar-refractivity contribution in [2.75, 3.05) is 13.2 Å². The third-order valence-electron chi connectivity index (χ3n) is 2.65. The van der Waals surface area contributed by atoms with Crippen LogP contribution in [0.4, 0.5) is 0 Å². The molecule has 0 bridgehead atoms. The molecule has 1 fully saturated rings. The summed E-state index contributed by atoms with van der Waals surface area (Å²) in [6.45, 7) is 4.10. The molecule has 2 aliphatic heterocycles. The Morgan fingerprint density at radius 1 is 1.73 bits per heavy atom. The van der Waals surface area contributed by atoms with Gasteiger partial charge in [0.1, 0.15) is 6.61 Å². The highest BCUT2D eigenvalue weighted by atomic mass is 16.7. The first-order valence-corrected chi connectivity index (χ1v) is 5.10. The summed E-state index contributed by atoms with van der Waals surface area (Å²) in [6.07, 6.45) is 1.37. The van der Waals surface area contributed by atoms with Crippen LogP contribution in [0, 0.1) is 0 Å². The summed E-state index contributed by atoms with van der Waals surface area (Å²) < 4.78 is 15.9. The van der Waals surface area contributed by atoms with Crippen molar-refractivity contribution in [1.29, 1.82) is 0 Å². The van der Waals surface area contributed by atoms with E-state index < -0.39 is 5.54 Å². The minimum Gasteiger partial charge on any atom is -0.463 e. The van der Waals surface area contributed by atoms with Gasteiger partial charge in [-0.3, -0.25) is 4.79 Å². The second-order valence-electron chi connectivity index (χ2n) is 3.94. The summed E-state index contributed by atoms with van der Waals surface area (Å²) in [4.78, 5) is 15.2. The molecule has 0 aromatic heterocycles. The Hall–Kier alpha value is -1.10. The van der Waals surface area contributed by atoms with Crippen LogP contribution in [0.2, 0.25) is 0 Å². The molecule has 0 amide bonds. The normalized spacial score (nSPS) is 34.0. The molecule has 0 saturated carbocycles. The van der Waals surface area contributed by atoms with Gasteiger partial charge in [0, 0.05) is 13.8 Å². The van der Waals surface area contributed by atoms with E-state index in [0.29, 0.717) is 12.5 Å². The van der Waals surface area contributed by atoms with Gasteiger partial charge in [0.2, 0.25) is 6.29 Å². The number of hydrogen-bond donors (Lipinski definition) is 0. The van der Waals surface area contributed by atoms with Crippen LogP contribution in [-0.4, -0.2) is 36.9 Å². The maximum Gasteiger partial charge on any atom is 0.302 e. The zero-order valence-corrected chi connectivity index (χ0v) is 8.99. The van der Waals surface area contributed by atoms with Crippen molar-refractivity contribution in [2.45, 2.75) is 38.5 Å². The molecule has 5 nitrogen and oxygen atoms in total. The van der Waals surface area contributed by atoms with Gasteiger partial charge >= 0.3 is 5.97 Å². The van der Waals surface area contributed by atoms with Crippen molar-refractivity contribution < 1.29 is 19.0 Å². The molecule has 2 aliphatic rings. The highest BCUT2D eigenvalue weighted by Gasteiger charge is 2.49. The predicted octanol–water partition coefficient (Wildman–Crippen LogP) is 0.873. The summed E-state index contributed by atoms with van der Waals surface area (Å²) in [7, 11) is 0. The smallest absolute Gasteiger partial charge is 0.302 e. The predicted molar refractivity (Wildman–Crippen MR) is 52.5 cm³/mol. The number of carbonyl (C=O) groups excluding carboxylic acids is 1.